The van der Waals surface area contributed by atoms with Crippen LogP contribution in [0.5, 0.6) is 0 Å². The van der Waals surface area contributed by atoms with Gasteiger partial charge < -0.3 is 10.4 Å². The van der Waals surface area contributed by atoms with Gasteiger partial charge in [-0.3, -0.25) is 4.79 Å². The van der Waals surface area contributed by atoms with Crippen molar-refractivity contribution in [2.45, 2.75) is 32.2 Å². The molecule has 3 atom stereocenters. The van der Waals surface area contributed by atoms with Crippen LogP contribution >= 0.6 is 0 Å². The first kappa shape index (κ1) is 13.2. The van der Waals surface area contributed by atoms with E-state index in [1.54, 1.807) is 24.3 Å². The maximum Gasteiger partial charge on any atom is 0.335 e. The number of carboxylic acids is 1. The van der Waals surface area contributed by atoms with Gasteiger partial charge in [0.15, 0.2) is 0 Å². The van der Waals surface area contributed by atoms with Crippen LogP contribution in [0.2, 0.25) is 0 Å². The van der Waals surface area contributed by atoms with E-state index in [4.69, 9.17) is 5.11 Å². The van der Waals surface area contributed by atoms with Gasteiger partial charge in [-0.1, -0.05) is 18.6 Å². The van der Waals surface area contributed by atoms with E-state index in [1.165, 1.54) is 19.3 Å². The third-order valence-electron chi connectivity index (χ3n) is 4.74. The second-order valence-corrected chi connectivity index (χ2v) is 6.00. The molecule has 0 radical (unpaired) electrons. The van der Waals surface area contributed by atoms with Crippen molar-refractivity contribution in [3.8, 4) is 0 Å². The second kappa shape index (κ2) is 5.27. The van der Waals surface area contributed by atoms with Crippen molar-refractivity contribution in [3.05, 3.63) is 35.4 Å². The lowest BCUT2D eigenvalue weighted by molar-refractivity contribution is -0.126. The topological polar surface area (TPSA) is 66.4 Å². The smallest absolute Gasteiger partial charge is 0.335 e. The van der Waals surface area contributed by atoms with Gasteiger partial charge in [-0.15, -0.1) is 0 Å². The number of carbonyl (C=O) groups excluding carboxylic acids is 1. The standard InChI is InChI=1S/C16H19NO3/c18-15(14-8-11-3-6-13(14)7-11)17-9-10-1-4-12(5-2-10)16(19)20/h1-2,4-5,11,13-14H,3,6-9H2,(H,17,18)(H,19,20). The second-order valence-electron chi connectivity index (χ2n) is 6.00. The fourth-order valence-electron chi connectivity index (χ4n) is 3.65. The number of carbonyl (C=O) groups is 2. The van der Waals surface area contributed by atoms with Crippen LogP contribution in [0, 0.1) is 17.8 Å². The molecule has 2 saturated carbocycles. The third-order valence-corrected chi connectivity index (χ3v) is 4.74. The predicted molar refractivity (Wildman–Crippen MR) is 74.2 cm³/mol. The number of carboxylic acid groups (broad SMARTS) is 1. The average Bonchev–Trinajstić information content (AvgIpc) is 3.08. The number of benzene rings is 1. The lowest BCUT2D eigenvalue weighted by Crippen LogP contribution is -2.33. The number of amides is 1. The molecule has 2 bridgehead atoms. The van der Waals surface area contributed by atoms with E-state index in [9.17, 15) is 9.59 Å². The van der Waals surface area contributed by atoms with Crippen molar-refractivity contribution >= 4 is 11.9 Å². The summed E-state index contributed by atoms with van der Waals surface area (Å²) < 4.78 is 0. The maximum absolute atomic E-state index is 12.2. The van der Waals surface area contributed by atoms with Crippen LogP contribution in [-0.4, -0.2) is 17.0 Å². The SMILES string of the molecule is O=C(O)c1ccc(CNC(=O)C2CC3CCC2C3)cc1. The van der Waals surface area contributed by atoms with Crippen LogP contribution in [-0.2, 0) is 11.3 Å². The summed E-state index contributed by atoms with van der Waals surface area (Å²) in [5.74, 6) is 0.800. The zero-order chi connectivity index (χ0) is 14.1. The molecule has 3 rings (SSSR count). The molecule has 0 saturated heterocycles. The Morgan fingerprint density at radius 2 is 1.90 bits per heavy atom. The van der Waals surface area contributed by atoms with E-state index in [1.807, 2.05) is 0 Å². The van der Waals surface area contributed by atoms with Gasteiger partial charge in [0, 0.05) is 12.5 Å². The highest BCUT2D eigenvalue weighted by molar-refractivity contribution is 5.87. The number of nitrogens with one attached hydrogen (secondary N) is 1. The van der Waals surface area contributed by atoms with Crippen LogP contribution in [0.1, 0.15) is 41.6 Å². The Bertz CT molecular complexity index is 523. The van der Waals surface area contributed by atoms with Crippen molar-refractivity contribution in [3.63, 3.8) is 0 Å². The van der Waals surface area contributed by atoms with Crippen molar-refractivity contribution in [2.24, 2.45) is 17.8 Å². The van der Waals surface area contributed by atoms with Gasteiger partial charge >= 0.3 is 5.97 Å². The highest BCUT2D eigenvalue weighted by Gasteiger charge is 2.42. The first-order valence-corrected chi connectivity index (χ1v) is 7.23. The summed E-state index contributed by atoms with van der Waals surface area (Å²) >= 11 is 0. The molecule has 0 heterocycles. The third kappa shape index (κ3) is 2.55. The Labute approximate surface area is 118 Å². The van der Waals surface area contributed by atoms with E-state index >= 15 is 0 Å². The molecule has 0 spiro atoms. The molecule has 2 aliphatic rings. The number of hydrogen-bond donors (Lipinski definition) is 2. The molecule has 1 amide bonds. The number of fused-ring (bicyclic) bond motifs is 2. The van der Waals surface area contributed by atoms with E-state index in [0.717, 1.165) is 17.9 Å². The Morgan fingerprint density at radius 1 is 1.15 bits per heavy atom. The minimum Gasteiger partial charge on any atom is -0.478 e. The van der Waals surface area contributed by atoms with Crippen molar-refractivity contribution in [1.82, 2.24) is 5.32 Å². The van der Waals surface area contributed by atoms with Gasteiger partial charge in [-0.2, -0.15) is 0 Å². The van der Waals surface area contributed by atoms with Crippen LogP contribution < -0.4 is 5.32 Å². The first-order chi connectivity index (χ1) is 9.63. The fourth-order valence-corrected chi connectivity index (χ4v) is 3.65. The Hall–Kier alpha value is -1.84. The van der Waals surface area contributed by atoms with Gasteiger partial charge in [-0.05, 0) is 48.8 Å². The van der Waals surface area contributed by atoms with Crippen molar-refractivity contribution in [2.75, 3.05) is 0 Å². The molecular weight excluding hydrogens is 254 g/mol. The van der Waals surface area contributed by atoms with Crippen LogP contribution in [0.3, 0.4) is 0 Å². The molecule has 1 aromatic rings. The minimum atomic E-state index is -0.928. The first-order valence-electron chi connectivity index (χ1n) is 7.23. The van der Waals surface area contributed by atoms with Gasteiger partial charge in [0.1, 0.15) is 0 Å². The summed E-state index contributed by atoms with van der Waals surface area (Å²) in [6.45, 7) is 0.479. The highest BCUT2D eigenvalue weighted by atomic mass is 16.4. The molecule has 4 nitrogen and oxygen atoms in total. The van der Waals surface area contributed by atoms with Gasteiger partial charge in [-0.25, -0.2) is 4.79 Å². The van der Waals surface area contributed by atoms with Crippen LogP contribution in [0.25, 0.3) is 0 Å². The summed E-state index contributed by atoms with van der Waals surface area (Å²) in [6.07, 6.45) is 4.78. The molecule has 3 unspecified atom stereocenters. The molecule has 106 valence electrons. The van der Waals surface area contributed by atoms with Gasteiger partial charge in [0.25, 0.3) is 0 Å². The lowest BCUT2D eigenvalue weighted by Gasteiger charge is -2.20. The van der Waals surface area contributed by atoms with Crippen molar-refractivity contribution < 1.29 is 14.7 Å². The monoisotopic (exact) mass is 273 g/mol. The summed E-state index contributed by atoms with van der Waals surface area (Å²) in [6, 6.07) is 6.65. The number of hydrogen-bond acceptors (Lipinski definition) is 2. The quantitative estimate of drug-likeness (QED) is 0.885. The maximum atomic E-state index is 12.2. The van der Waals surface area contributed by atoms with Gasteiger partial charge in [0.2, 0.25) is 5.91 Å². The highest BCUT2D eigenvalue weighted by Crippen LogP contribution is 2.48. The molecular formula is C16H19NO3. The summed E-state index contributed by atoms with van der Waals surface area (Å²) in [7, 11) is 0. The molecule has 20 heavy (non-hydrogen) atoms. The van der Waals surface area contributed by atoms with E-state index in [2.05, 4.69) is 5.32 Å². The molecule has 2 N–H and O–H groups in total. The van der Waals surface area contributed by atoms with Crippen LogP contribution in [0.15, 0.2) is 24.3 Å². The molecule has 0 aliphatic heterocycles. The molecule has 4 heteroatoms. The van der Waals surface area contributed by atoms with Crippen LogP contribution in [0.4, 0.5) is 0 Å². The zero-order valence-corrected chi connectivity index (χ0v) is 11.3. The summed E-state index contributed by atoms with van der Waals surface area (Å²) in [4.78, 5) is 22.9. The molecule has 0 aromatic heterocycles. The summed E-state index contributed by atoms with van der Waals surface area (Å²) in [5, 5.41) is 11.8. The predicted octanol–water partition coefficient (Wildman–Crippen LogP) is 2.44. The normalized spacial score (nSPS) is 27.5. The van der Waals surface area contributed by atoms with E-state index < -0.39 is 5.97 Å². The number of rotatable bonds is 4. The van der Waals surface area contributed by atoms with E-state index in [0.29, 0.717) is 12.5 Å². The average molecular weight is 273 g/mol. The largest absolute Gasteiger partial charge is 0.478 e. The Balaban J connectivity index is 1.54. The van der Waals surface area contributed by atoms with E-state index in [-0.39, 0.29) is 17.4 Å². The van der Waals surface area contributed by atoms with Crippen molar-refractivity contribution in [1.29, 1.82) is 0 Å². The molecule has 2 aliphatic carbocycles. The lowest BCUT2D eigenvalue weighted by atomic mass is 9.88. The Kier molecular flexibility index (Phi) is 3.47. The molecule has 1 aromatic carbocycles. The minimum absolute atomic E-state index is 0.166. The fraction of sp³-hybridized carbons (Fsp3) is 0.500. The molecule has 2 fully saturated rings. The van der Waals surface area contributed by atoms with Gasteiger partial charge in [0.05, 0.1) is 5.56 Å². The number of aromatic carboxylic acids is 1. The zero-order valence-electron chi connectivity index (χ0n) is 11.3. The summed E-state index contributed by atoms with van der Waals surface area (Å²) in [5.41, 5.74) is 1.21. The Morgan fingerprint density at radius 3 is 2.45 bits per heavy atom.